The number of fused-ring (bicyclic) bond motifs is 1. The van der Waals surface area contributed by atoms with E-state index in [0.29, 0.717) is 46.0 Å². The van der Waals surface area contributed by atoms with Gasteiger partial charge in [-0.25, -0.2) is 4.99 Å². The number of allylic oxidation sites excluding steroid dienone is 1. The molecular weight excluding hydrogens is 788 g/mol. The average Bonchev–Trinajstić information content (AvgIpc) is 3.30. The Labute approximate surface area is 281 Å². The van der Waals surface area contributed by atoms with Crippen molar-refractivity contribution in [2.24, 2.45) is 4.99 Å². The molecule has 0 aliphatic carbocycles. The van der Waals surface area contributed by atoms with Gasteiger partial charge in [-0.15, -0.1) is 0 Å². The maximum Gasteiger partial charge on any atom is 0.271 e. The van der Waals surface area contributed by atoms with Gasteiger partial charge in [0.2, 0.25) is 0 Å². The number of ether oxygens (including phenoxy) is 2. The van der Waals surface area contributed by atoms with Crippen LogP contribution in [0.1, 0.15) is 43.5 Å². The van der Waals surface area contributed by atoms with Crippen molar-refractivity contribution in [1.82, 2.24) is 9.47 Å². The molecule has 0 bridgehead atoms. The summed E-state index contributed by atoms with van der Waals surface area (Å²) in [5.74, 6) is 1.29. The van der Waals surface area contributed by atoms with E-state index in [1.807, 2.05) is 93.6 Å². The van der Waals surface area contributed by atoms with Crippen LogP contribution in [0.5, 0.6) is 11.5 Å². The number of carbonyl (C=O) groups is 1. The van der Waals surface area contributed by atoms with Crippen LogP contribution in [0.25, 0.3) is 6.08 Å². The molecule has 0 spiro atoms. The van der Waals surface area contributed by atoms with Gasteiger partial charge in [0.25, 0.3) is 11.5 Å². The topological polar surface area (TPSA) is 73.1 Å². The molecule has 7 nitrogen and oxygen atoms in total. The highest BCUT2D eigenvalue weighted by atomic mass is 127. The quantitative estimate of drug-likeness (QED) is 0.198. The molecule has 0 saturated heterocycles. The molecule has 1 amide bonds. The third-order valence-corrected chi connectivity index (χ3v) is 9.87. The van der Waals surface area contributed by atoms with Crippen LogP contribution in [0.3, 0.4) is 0 Å². The molecule has 4 aromatic rings. The average molecular weight is 820 g/mol. The largest absolute Gasteiger partial charge is 0.496 e. The Morgan fingerprint density at radius 1 is 1.05 bits per heavy atom. The van der Waals surface area contributed by atoms with E-state index in [0.717, 1.165) is 29.6 Å². The molecule has 222 valence electrons. The van der Waals surface area contributed by atoms with Crippen molar-refractivity contribution in [3.63, 3.8) is 0 Å². The summed E-state index contributed by atoms with van der Waals surface area (Å²) in [5.41, 5.74) is 3.60. The molecule has 0 N–H and O–H groups in total. The molecule has 43 heavy (non-hydrogen) atoms. The Bertz CT molecular complexity index is 1850. The minimum absolute atomic E-state index is 0.133. The van der Waals surface area contributed by atoms with Crippen LogP contribution < -0.4 is 24.4 Å². The third kappa shape index (κ3) is 6.46. The van der Waals surface area contributed by atoms with Gasteiger partial charge in [-0.3, -0.25) is 14.2 Å². The monoisotopic (exact) mass is 819 g/mol. The Morgan fingerprint density at radius 3 is 2.35 bits per heavy atom. The Balaban J connectivity index is 1.61. The van der Waals surface area contributed by atoms with Crippen LogP contribution in [0.2, 0.25) is 0 Å². The lowest BCUT2D eigenvalue weighted by molar-refractivity contribution is -0.127. The molecule has 0 unspecified atom stereocenters. The van der Waals surface area contributed by atoms with Gasteiger partial charge in [-0.1, -0.05) is 59.9 Å². The van der Waals surface area contributed by atoms with Gasteiger partial charge >= 0.3 is 0 Å². The standard InChI is InChI=1S/C33H31I2N3O4S/c1-5-37(6-2)32(40)28-20(3)36-33-38(29(28)23-14-10-11-15-26(23)41-4)31(39)27(43-33)18-22-16-24(34)30(25(35)17-22)42-19-21-12-8-7-9-13-21/h7-18,29H,5-6,19H2,1-4H3/b27-18+/t29-/m0/s1. The summed E-state index contributed by atoms with van der Waals surface area (Å²) in [7, 11) is 1.60. The number of para-hydroxylation sites is 1. The summed E-state index contributed by atoms with van der Waals surface area (Å²) in [6, 6.07) is 20.9. The van der Waals surface area contributed by atoms with Gasteiger partial charge in [0.1, 0.15) is 24.1 Å². The van der Waals surface area contributed by atoms with Gasteiger partial charge < -0.3 is 14.4 Å². The predicted molar refractivity (Wildman–Crippen MR) is 187 cm³/mol. The molecule has 1 aliphatic rings. The van der Waals surface area contributed by atoms with Gasteiger partial charge in [0, 0.05) is 18.7 Å². The summed E-state index contributed by atoms with van der Waals surface area (Å²) >= 11 is 5.87. The molecule has 10 heteroatoms. The van der Waals surface area contributed by atoms with Crippen LogP contribution in [0, 0.1) is 7.14 Å². The number of amides is 1. The van der Waals surface area contributed by atoms with Gasteiger partial charge in [-0.05, 0) is 101 Å². The number of hydrogen-bond donors (Lipinski definition) is 0. The SMILES string of the molecule is CCN(CC)C(=O)C1=C(C)N=c2s/c(=C/c3cc(I)c(OCc4ccccc4)c(I)c3)c(=O)n2[C@H]1c1ccccc1OC. The van der Waals surface area contributed by atoms with E-state index in [1.165, 1.54) is 11.3 Å². The number of benzene rings is 3. The number of carbonyl (C=O) groups excluding carboxylic acids is 1. The molecule has 1 aromatic heterocycles. The maximum atomic E-state index is 14.1. The van der Waals surface area contributed by atoms with E-state index in [1.54, 1.807) is 16.6 Å². The molecule has 5 rings (SSSR count). The van der Waals surface area contributed by atoms with Crippen molar-refractivity contribution in [1.29, 1.82) is 0 Å². The minimum Gasteiger partial charge on any atom is -0.496 e. The highest BCUT2D eigenvalue weighted by Gasteiger charge is 2.35. The molecule has 0 fully saturated rings. The Kier molecular flexibility index (Phi) is 10.1. The van der Waals surface area contributed by atoms with E-state index in [9.17, 15) is 9.59 Å². The summed E-state index contributed by atoms with van der Waals surface area (Å²) in [4.78, 5) is 35.1. The van der Waals surface area contributed by atoms with Crippen molar-refractivity contribution >= 4 is 68.5 Å². The predicted octanol–water partition coefficient (Wildman–Crippen LogP) is 5.90. The van der Waals surface area contributed by atoms with Crippen LogP contribution in [-0.4, -0.2) is 35.6 Å². The maximum absolute atomic E-state index is 14.1. The summed E-state index contributed by atoms with van der Waals surface area (Å²) < 4.78 is 15.9. The van der Waals surface area contributed by atoms with Crippen LogP contribution in [0.4, 0.5) is 0 Å². The number of halogens is 2. The van der Waals surface area contributed by atoms with Crippen molar-refractivity contribution in [3.8, 4) is 11.5 Å². The fraction of sp³-hybridized carbons (Fsp3) is 0.242. The first-order valence-corrected chi connectivity index (χ1v) is 16.8. The number of thiazole rings is 1. The number of nitrogens with zero attached hydrogens (tertiary/aromatic N) is 3. The van der Waals surface area contributed by atoms with Crippen molar-refractivity contribution in [3.05, 3.63) is 122 Å². The second kappa shape index (κ2) is 13.8. The lowest BCUT2D eigenvalue weighted by atomic mass is 9.94. The van der Waals surface area contributed by atoms with Crippen molar-refractivity contribution in [2.45, 2.75) is 33.4 Å². The molecular formula is C33H31I2N3O4S. The first kappa shape index (κ1) is 31.5. The number of likely N-dealkylation sites (N-methyl/N-ethyl adjacent to an activating group) is 1. The smallest absolute Gasteiger partial charge is 0.271 e. The van der Waals surface area contributed by atoms with Gasteiger partial charge in [-0.2, -0.15) is 0 Å². The lowest BCUT2D eigenvalue weighted by Crippen LogP contribution is -2.43. The second-order valence-corrected chi connectivity index (χ2v) is 13.2. The molecule has 1 aliphatic heterocycles. The van der Waals surface area contributed by atoms with Gasteiger partial charge in [0.05, 0.1) is 30.1 Å². The molecule has 0 saturated carbocycles. The first-order chi connectivity index (χ1) is 20.8. The van der Waals surface area contributed by atoms with E-state index in [4.69, 9.17) is 14.5 Å². The highest BCUT2D eigenvalue weighted by Crippen LogP contribution is 2.36. The zero-order chi connectivity index (χ0) is 30.7. The number of aromatic nitrogens is 1. The molecule has 3 aromatic carbocycles. The van der Waals surface area contributed by atoms with E-state index >= 15 is 0 Å². The Morgan fingerprint density at radius 2 is 1.70 bits per heavy atom. The van der Waals surface area contributed by atoms with Crippen LogP contribution in [0.15, 0.2) is 87.8 Å². The number of hydrogen-bond acceptors (Lipinski definition) is 6. The molecule has 2 heterocycles. The lowest BCUT2D eigenvalue weighted by Gasteiger charge is -2.29. The molecule has 0 radical (unpaired) electrons. The second-order valence-electron chi connectivity index (χ2n) is 9.89. The summed E-state index contributed by atoms with van der Waals surface area (Å²) in [6.45, 7) is 7.32. The normalized spacial score (nSPS) is 14.7. The van der Waals surface area contributed by atoms with Crippen molar-refractivity contribution < 1.29 is 14.3 Å². The van der Waals surface area contributed by atoms with E-state index in [2.05, 4.69) is 45.2 Å². The summed E-state index contributed by atoms with van der Waals surface area (Å²) in [5, 5.41) is 0. The number of rotatable bonds is 9. The fourth-order valence-electron chi connectivity index (χ4n) is 5.14. The van der Waals surface area contributed by atoms with E-state index < -0.39 is 6.04 Å². The minimum atomic E-state index is -0.670. The number of methoxy groups -OCH3 is 1. The zero-order valence-corrected chi connectivity index (χ0v) is 29.4. The van der Waals surface area contributed by atoms with Gasteiger partial charge in [0.15, 0.2) is 4.80 Å². The third-order valence-electron chi connectivity index (χ3n) is 7.28. The fourth-order valence-corrected chi connectivity index (χ4v) is 8.32. The zero-order valence-electron chi connectivity index (χ0n) is 24.3. The first-order valence-electron chi connectivity index (χ1n) is 13.9. The highest BCUT2D eigenvalue weighted by molar-refractivity contribution is 14.1. The summed E-state index contributed by atoms with van der Waals surface area (Å²) in [6.07, 6.45) is 1.89. The van der Waals surface area contributed by atoms with E-state index in [-0.39, 0.29) is 11.5 Å². The molecule has 1 atom stereocenters. The van der Waals surface area contributed by atoms with Crippen molar-refractivity contribution in [2.75, 3.05) is 20.2 Å². The van der Waals surface area contributed by atoms with Crippen LogP contribution >= 0.6 is 56.5 Å². The van der Waals surface area contributed by atoms with Crippen LogP contribution in [-0.2, 0) is 11.4 Å². The Hall–Kier alpha value is -2.97.